The minimum Gasteiger partial charge on any atom is -0.150 e. The van der Waals surface area contributed by atoms with Crippen molar-refractivity contribution in [2.75, 3.05) is 7.05 Å². The Labute approximate surface area is 65.6 Å². The largest absolute Gasteiger partial charge is 0.292 e. The average molecular weight is 150 g/mol. The Morgan fingerprint density at radius 1 is 1.55 bits per heavy atom. The third kappa shape index (κ3) is 1.77. The molecule has 1 rings (SSSR count). The van der Waals surface area contributed by atoms with Gasteiger partial charge in [-0.2, -0.15) is 0 Å². The van der Waals surface area contributed by atoms with Crippen molar-refractivity contribution in [3.63, 3.8) is 0 Å². The number of nitroso groups, excluding NO2 is 1. The topological polar surface area (TPSA) is 32.1 Å². The Morgan fingerprint density at radius 3 is 2.73 bits per heavy atom. The van der Waals surface area contributed by atoms with Gasteiger partial charge in [-0.25, -0.2) is 0 Å². The number of benzene rings is 1. The SMILES string of the molecule is CN[N+](=O)c1c[c]c(C)cc1. The minimum atomic E-state index is 0.568. The first-order valence-electron chi connectivity index (χ1n) is 3.37. The molecule has 0 spiro atoms. The summed E-state index contributed by atoms with van der Waals surface area (Å²) >= 11 is 0. The van der Waals surface area contributed by atoms with E-state index in [4.69, 9.17) is 0 Å². The molecule has 1 aromatic rings. The molecule has 0 atom stereocenters. The van der Waals surface area contributed by atoms with Crippen molar-refractivity contribution in [2.45, 2.75) is 6.92 Å². The first-order valence-corrected chi connectivity index (χ1v) is 3.37. The van der Waals surface area contributed by atoms with Gasteiger partial charge in [0.05, 0.1) is 12.0 Å². The van der Waals surface area contributed by atoms with E-state index in [1.54, 1.807) is 19.2 Å². The van der Waals surface area contributed by atoms with Gasteiger partial charge in [-0.1, -0.05) is 6.07 Å². The average Bonchev–Trinajstić information content (AvgIpc) is 2.05. The van der Waals surface area contributed by atoms with Crippen LogP contribution in [-0.2, 0) is 0 Å². The van der Waals surface area contributed by atoms with Crippen LogP contribution in [0.3, 0.4) is 0 Å². The molecule has 0 heterocycles. The van der Waals surface area contributed by atoms with E-state index >= 15 is 0 Å². The van der Waals surface area contributed by atoms with Crippen LogP contribution in [0.1, 0.15) is 5.56 Å². The summed E-state index contributed by atoms with van der Waals surface area (Å²) in [6.45, 7) is 1.93. The van der Waals surface area contributed by atoms with Gasteiger partial charge < -0.3 is 0 Å². The monoisotopic (exact) mass is 150 g/mol. The van der Waals surface area contributed by atoms with Gasteiger partial charge in [0.1, 0.15) is 0 Å². The molecule has 0 aromatic heterocycles. The Bertz CT molecular complexity index is 253. The molecule has 0 amide bonds. The van der Waals surface area contributed by atoms with E-state index in [0.717, 1.165) is 5.56 Å². The fourth-order valence-electron chi connectivity index (χ4n) is 0.750. The second-order valence-corrected chi connectivity index (χ2v) is 2.25. The smallest absolute Gasteiger partial charge is 0.150 e. The van der Waals surface area contributed by atoms with Crippen LogP contribution < -0.4 is 5.43 Å². The molecule has 1 radical (unpaired) electrons. The Kier molecular flexibility index (Phi) is 2.21. The van der Waals surface area contributed by atoms with Gasteiger partial charge in [0, 0.05) is 12.1 Å². The van der Waals surface area contributed by atoms with E-state index in [1.807, 2.05) is 13.0 Å². The highest BCUT2D eigenvalue weighted by Crippen LogP contribution is 2.08. The summed E-state index contributed by atoms with van der Waals surface area (Å²) in [5, 5.41) is 0. The van der Waals surface area contributed by atoms with Crippen molar-refractivity contribution in [1.82, 2.24) is 5.43 Å². The third-order valence-corrected chi connectivity index (χ3v) is 1.39. The number of hydrazine groups is 1. The Hall–Kier alpha value is -1.38. The normalized spacial score (nSPS) is 9.27. The highest BCUT2D eigenvalue weighted by Gasteiger charge is 2.08. The van der Waals surface area contributed by atoms with E-state index in [-0.39, 0.29) is 0 Å². The van der Waals surface area contributed by atoms with E-state index in [0.29, 0.717) is 10.6 Å². The van der Waals surface area contributed by atoms with E-state index < -0.39 is 0 Å². The molecule has 0 aliphatic rings. The lowest BCUT2D eigenvalue weighted by atomic mass is 10.2. The Morgan fingerprint density at radius 2 is 2.27 bits per heavy atom. The van der Waals surface area contributed by atoms with Gasteiger partial charge in [0.25, 0.3) is 5.69 Å². The molecule has 1 N–H and O–H groups in total. The zero-order valence-electron chi connectivity index (χ0n) is 6.59. The maximum atomic E-state index is 10.9. The summed E-state index contributed by atoms with van der Waals surface area (Å²) in [5.41, 5.74) is 4.05. The van der Waals surface area contributed by atoms with Gasteiger partial charge in [0.2, 0.25) is 0 Å². The molecule has 3 heteroatoms. The van der Waals surface area contributed by atoms with E-state index in [9.17, 15) is 4.91 Å². The number of aryl methyl sites for hydroxylation is 1. The summed E-state index contributed by atoms with van der Waals surface area (Å²) < 4.78 is 0. The zero-order chi connectivity index (χ0) is 8.27. The molecule has 1 aromatic carbocycles. The molecule has 3 nitrogen and oxygen atoms in total. The molecule has 0 aliphatic carbocycles. The van der Waals surface area contributed by atoms with Crippen LogP contribution in [0.5, 0.6) is 0 Å². The first-order chi connectivity index (χ1) is 5.24. The van der Waals surface area contributed by atoms with Gasteiger partial charge in [-0.05, 0) is 18.6 Å². The van der Waals surface area contributed by atoms with Crippen molar-refractivity contribution in [3.05, 3.63) is 34.7 Å². The summed E-state index contributed by atoms with van der Waals surface area (Å²) in [5.74, 6) is 0. The fourth-order valence-corrected chi connectivity index (χ4v) is 0.750. The number of nitrogens with zero attached hydrogens (tertiary/aromatic N) is 1. The third-order valence-electron chi connectivity index (χ3n) is 1.39. The van der Waals surface area contributed by atoms with Crippen molar-refractivity contribution in [2.24, 2.45) is 0 Å². The lowest BCUT2D eigenvalue weighted by Gasteiger charge is -1.89. The number of hydrogen-bond donors (Lipinski definition) is 1. The molecular formula is C8H10N2O+. The lowest BCUT2D eigenvalue weighted by molar-refractivity contribution is -0.522. The maximum absolute atomic E-state index is 10.9. The second kappa shape index (κ2) is 3.14. The predicted octanol–water partition coefficient (Wildman–Crippen LogP) is 1.34. The van der Waals surface area contributed by atoms with Crippen LogP contribution >= 0.6 is 0 Å². The number of hydrogen-bond acceptors (Lipinski definition) is 1. The minimum absolute atomic E-state index is 0.568. The summed E-state index contributed by atoms with van der Waals surface area (Å²) in [4.78, 5) is 11.6. The highest BCUT2D eigenvalue weighted by molar-refractivity contribution is 5.30. The molecule has 0 bridgehead atoms. The zero-order valence-corrected chi connectivity index (χ0v) is 6.59. The molecule has 0 unspecified atom stereocenters. The van der Waals surface area contributed by atoms with Crippen molar-refractivity contribution in [1.29, 1.82) is 0 Å². The van der Waals surface area contributed by atoms with E-state index in [2.05, 4.69) is 11.5 Å². The summed E-state index contributed by atoms with van der Waals surface area (Å²) in [6, 6.07) is 8.18. The summed E-state index contributed by atoms with van der Waals surface area (Å²) in [6.07, 6.45) is 0. The standard InChI is InChI=1S/C8H10N2O/c1-7-3-5-8(6-4-7)10(11)9-2/h3,5-6H,1-2H3,(H,9,11)/q+1. The van der Waals surface area contributed by atoms with Gasteiger partial charge >= 0.3 is 0 Å². The van der Waals surface area contributed by atoms with Crippen LogP contribution in [-0.4, -0.2) is 11.9 Å². The van der Waals surface area contributed by atoms with Crippen LogP contribution in [0, 0.1) is 17.9 Å². The quantitative estimate of drug-likeness (QED) is 0.509. The van der Waals surface area contributed by atoms with Crippen LogP contribution in [0.15, 0.2) is 18.2 Å². The molecule has 11 heavy (non-hydrogen) atoms. The second-order valence-electron chi connectivity index (χ2n) is 2.25. The van der Waals surface area contributed by atoms with Gasteiger partial charge in [-0.15, -0.1) is 5.43 Å². The van der Waals surface area contributed by atoms with Crippen LogP contribution in [0.25, 0.3) is 0 Å². The molecule has 57 valence electrons. The van der Waals surface area contributed by atoms with Crippen molar-refractivity contribution < 1.29 is 4.87 Å². The molecule has 0 saturated heterocycles. The van der Waals surface area contributed by atoms with Gasteiger partial charge in [0.15, 0.2) is 4.87 Å². The fraction of sp³-hybridized carbons (Fsp3) is 0.250. The first kappa shape index (κ1) is 7.72. The Balaban J connectivity index is 2.90. The molecule has 0 fully saturated rings. The van der Waals surface area contributed by atoms with Crippen LogP contribution in [0.2, 0.25) is 0 Å². The van der Waals surface area contributed by atoms with Crippen molar-refractivity contribution >= 4 is 5.69 Å². The summed E-state index contributed by atoms with van der Waals surface area (Å²) in [7, 11) is 1.58. The van der Waals surface area contributed by atoms with Crippen LogP contribution in [0.4, 0.5) is 5.69 Å². The maximum Gasteiger partial charge on any atom is 0.292 e. The number of nitrogens with one attached hydrogen (secondary N) is 1. The predicted molar refractivity (Wildman–Crippen MR) is 42.4 cm³/mol. The van der Waals surface area contributed by atoms with Crippen molar-refractivity contribution in [3.8, 4) is 0 Å². The number of rotatable bonds is 2. The molecule has 0 aliphatic heterocycles. The van der Waals surface area contributed by atoms with E-state index in [1.165, 1.54) is 0 Å². The van der Waals surface area contributed by atoms with Gasteiger partial charge in [-0.3, -0.25) is 0 Å². The molecule has 0 saturated carbocycles. The lowest BCUT2D eigenvalue weighted by Crippen LogP contribution is -2.16. The highest BCUT2D eigenvalue weighted by atomic mass is 16.3. The molecular weight excluding hydrogens is 140 g/mol.